The molecule has 102 valence electrons. The number of rotatable bonds is 2. The molecule has 0 radical (unpaired) electrons. The maximum atomic E-state index is 12.5. The second-order valence-corrected chi connectivity index (χ2v) is 5.00. The Morgan fingerprint density at radius 2 is 1.94 bits per heavy atom. The highest BCUT2D eigenvalue weighted by molar-refractivity contribution is 6.20. The first-order valence-electron chi connectivity index (χ1n) is 5.67. The van der Waals surface area contributed by atoms with E-state index >= 15 is 0 Å². The summed E-state index contributed by atoms with van der Waals surface area (Å²) in [6.45, 7) is 2.22. The summed E-state index contributed by atoms with van der Waals surface area (Å²) >= 11 is 5.77. The molecule has 1 aromatic rings. The van der Waals surface area contributed by atoms with Gasteiger partial charge in [-0.05, 0) is 19.8 Å². The first kappa shape index (κ1) is 13.5. The maximum absolute atomic E-state index is 12.5. The summed E-state index contributed by atoms with van der Waals surface area (Å²) in [6, 6.07) is 0.248. The summed E-state index contributed by atoms with van der Waals surface area (Å²) < 4.78 is 42.8. The maximum Gasteiger partial charge on any atom is 0.391 e. The van der Waals surface area contributed by atoms with Crippen LogP contribution < -0.4 is 4.90 Å². The van der Waals surface area contributed by atoms with Crippen LogP contribution >= 0.6 is 11.6 Å². The molecule has 1 aromatic heterocycles. The smallest absolute Gasteiger partial charge is 0.391 e. The van der Waals surface area contributed by atoms with E-state index in [4.69, 9.17) is 16.0 Å². The molecule has 0 aliphatic carbocycles. The molecule has 0 aromatic carbocycles. The van der Waals surface area contributed by atoms with Crippen molar-refractivity contribution < 1.29 is 17.6 Å². The topological polar surface area (TPSA) is 42.2 Å². The van der Waals surface area contributed by atoms with Gasteiger partial charge < -0.3 is 9.32 Å². The molecule has 0 spiro atoms. The Morgan fingerprint density at radius 3 is 2.39 bits per heavy atom. The first-order chi connectivity index (χ1) is 8.38. The van der Waals surface area contributed by atoms with E-state index in [1.807, 2.05) is 0 Å². The minimum Gasteiger partial charge on any atom is -0.406 e. The SMILES string of the molecule is CC(Cl)c1nnc(N2CCC(C(F)(F)F)CC2)o1. The number of alkyl halides is 4. The van der Waals surface area contributed by atoms with Crippen LogP contribution in [0.15, 0.2) is 4.42 Å². The average molecular weight is 284 g/mol. The average Bonchev–Trinajstić information content (AvgIpc) is 2.77. The van der Waals surface area contributed by atoms with Gasteiger partial charge in [-0.2, -0.15) is 13.2 Å². The van der Waals surface area contributed by atoms with Crippen LogP contribution in [0.3, 0.4) is 0 Å². The Balaban J connectivity index is 1.97. The standard InChI is InChI=1S/C10H13ClF3N3O/c1-6(11)8-15-16-9(18-8)17-4-2-7(3-5-17)10(12,13)14/h6-7H,2-5H2,1H3. The Hall–Kier alpha value is -0.980. The molecular formula is C10H13ClF3N3O. The van der Waals surface area contributed by atoms with Crippen molar-refractivity contribution in [3.8, 4) is 0 Å². The third kappa shape index (κ3) is 2.88. The van der Waals surface area contributed by atoms with Crippen molar-refractivity contribution in [2.75, 3.05) is 18.0 Å². The predicted octanol–water partition coefficient (Wildman–Crippen LogP) is 3.15. The van der Waals surface area contributed by atoms with Gasteiger partial charge in [-0.1, -0.05) is 5.10 Å². The summed E-state index contributed by atoms with van der Waals surface area (Å²) in [5.41, 5.74) is 0. The molecule has 1 fully saturated rings. The molecule has 0 amide bonds. The molecule has 18 heavy (non-hydrogen) atoms. The van der Waals surface area contributed by atoms with E-state index in [0.717, 1.165) is 0 Å². The molecule has 1 saturated heterocycles. The second kappa shape index (κ2) is 4.95. The molecule has 2 rings (SSSR count). The quantitative estimate of drug-likeness (QED) is 0.782. The van der Waals surface area contributed by atoms with Gasteiger partial charge in [0.05, 0.1) is 5.92 Å². The highest BCUT2D eigenvalue weighted by atomic mass is 35.5. The minimum absolute atomic E-state index is 0.0532. The van der Waals surface area contributed by atoms with Crippen molar-refractivity contribution in [1.29, 1.82) is 0 Å². The lowest BCUT2D eigenvalue weighted by molar-refractivity contribution is -0.179. The molecule has 1 aliphatic rings. The minimum atomic E-state index is -4.11. The zero-order valence-corrected chi connectivity index (χ0v) is 10.5. The van der Waals surface area contributed by atoms with Gasteiger partial charge >= 0.3 is 12.2 Å². The number of hydrogen-bond donors (Lipinski definition) is 0. The normalized spacial score (nSPS) is 20.2. The van der Waals surface area contributed by atoms with Crippen LogP contribution in [0.1, 0.15) is 31.0 Å². The van der Waals surface area contributed by atoms with E-state index < -0.39 is 17.5 Å². The molecule has 4 nitrogen and oxygen atoms in total. The summed E-state index contributed by atoms with van der Waals surface area (Å²) in [5, 5.41) is 7.13. The van der Waals surface area contributed by atoms with Gasteiger partial charge in [-0.25, -0.2) is 0 Å². The third-order valence-corrected chi connectivity index (χ3v) is 3.19. The highest BCUT2D eigenvalue weighted by Crippen LogP contribution is 2.35. The monoisotopic (exact) mass is 283 g/mol. The van der Waals surface area contributed by atoms with Crippen molar-refractivity contribution in [2.45, 2.75) is 31.3 Å². The lowest BCUT2D eigenvalue weighted by Crippen LogP contribution is -2.39. The van der Waals surface area contributed by atoms with Gasteiger partial charge in [0.15, 0.2) is 0 Å². The van der Waals surface area contributed by atoms with Gasteiger partial charge in [0.1, 0.15) is 5.38 Å². The summed E-state index contributed by atoms with van der Waals surface area (Å²) in [5.74, 6) is -0.951. The molecule has 2 heterocycles. The van der Waals surface area contributed by atoms with Gasteiger partial charge in [0, 0.05) is 13.1 Å². The van der Waals surface area contributed by atoms with Crippen LogP contribution in [-0.2, 0) is 0 Å². The molecule has 0 N–H and O–H groups in total. The molecule has 0 bridgehead atoms. The Bertz CT molecular complexity index is 399. The zero-order chi connectivity index (χ0) is 13.3. The second-order valence-electron chi connectivity index (χ2n) is 4.34. The van der Waals surface area contributed by atoms with Crippen LogP contribution in [0.5, 0.6) is 0 Å². The number of anilines is 1. The number of piperidine rings is 1. The molecule has 1 unspecified atom stereocenters. The Labute approximate surface area is 107 Å². The third-order valence-electron chi connectivity index (χ3n) is 3.00. The molecular weight excluding hydrogens is 271 g/mol. The Morgan fingerprint density at radius 1 is 1.33 bits per heavy atom. The van der Waals surface area contributed by atoms with E-state index in [-0.39, 0.29) is 37.8 Å². The lowest BCUT2D eigenvalue weighted by Gasteiger charge is -2.31. The van der Waals surface area contributed by atoms with Gasteiger partial charge in [-0.3, -0.25) is 0 Å². The van der Waals surface area contributed by atoms with Crippen LogP contribution in [-0.4, -0.2) is 29.5 Å². The summed E-state index contributed by atoms with van der Waals surface area (Å²) in [7, 11) is 0. The largest absolute Gasteiger partial charge is 0.406 e. The molecule has 0 saturated carbocycles. The van der Waals surface area contributed by atoms with E-state index in [1.54, 1.807) is 11.8 Å². The fourth-order valence-electron chi connectivity index (χ4n) is 1.91. The van der Waals surface area contributed by atoms with Crippen LogP contribution in [0.2, 0.25) is 0 Å². The number of aromatic nitrogens is 2. The predicted molar refractivity (Wildman–Crippen MR) is 59.6 cm³/mol. The van der Waals surface area contributed by atoms with E-state index in [0.29, 0.717) is 0 Å². The van der Waals surface area contributed by atoms with Gasteiger partial charge in [0.25, 0.3) is 0 Å². The molecule has 1 atom stereocenters. The summed E-state index contributed by atoms with van der Waals surface area (Å²) in [6.07, 6.45) is -4.01. The van der Waals surface area contributed by atoms with Crippen molar-refractivity contribution in [1.82, 2.24) is 10.2 Å². The van der Waals surface area contributed by atoms with Gasteiger partial charge in [-0.15, -0.1) is 16.7 Å². The van der Waals surface area contributed by atoms with Crippen molar-refractivity contribution in [3.63, 3.8) is 0 Å². The zero-order valence-electron chi connectivity index (χ0n) is 9.74. The number of hydrogen-bond acceptors (Lipinski definition) is 4. The fraction of sp³-hybridized carbons (Fsp3) is 0.800. The van der Waals surface area contributed by atoms with E-state index in [1.165, 1.54) is 0 Å². The van der Waals surface area contributed by atoms with Crippen molar-refractivity contribution in [2.24, 2.45) is 5.92 Å². The molecule has 1 aliphatic heterocycles. The van der Waals surface area contributed by atoms with Crippen LogP contribution in [0, 0.1) is 5.92 Å². The van der Waals surface area contributed by atoms with E-state index in [9.17, 15) is 13.2 Å². The first-order valence-corrected chi connectivity index (χ1v) is 6.10. The van der Waals surface area contributed by atoms with E-state index in [2.05, 4.69) is 10.2 Å². The fourth-order valence-corrected chi connectivity index (χ4v) is 2.00. The van der Waals surface area contributed by atoms with Crippen molar-refractivity contribution >= 4 is 17.6 Å². The summed E-state index contributed by atoms with van der Waals surface area (Å²) in [4.78, 5) is 1.66. The van der Waals surface area contributed by atoms with Crippen LogP contribution in [0.4, 0.5) is 19.2 Å². The van der Waals surface area contributed by atoms with Crippen LogP contribution in [0.25, 0.3) is 0 Å². The number of halogens is 4. The van der Waals surface area contributed by atoms with Crippen molar-refractivity contribution in [3.05, 3.63) is 5.89 Å². The number of nitrogens with zero attached hydrogens (tertiary/aromatic N) is 3. The Kier molecular flexibility index (Phi) is 3.70. The lowest BCUT2D eigenvalue weighted by atomic mass is 9.97. The molecule has 8 heteroatoms. The highest BCUT2D eigenvalue weighted by Gasteiger charge is 2.41. The van der Waals surface area contributed by atoms with Gasteiger partial charge in [0.2, 0.25) is 5.89 Å².